The van der Waals surface area contributed by atoms with Gasteiger partial charge in [-0.2, -0.15) is 4.99 Å². The fraction of sp³-hybridized carbons (Fsp3) is 0.133. The van der Waals surface area contributed by atoms with Gasteiger partial charge in [-0.05, 0) is 29.8 Å². The molecule has 2 aromatic rings. The third kappa shape index (κ3) is 7.71. The fourth-order valence-electron chi connectivity index (χ4n) is 1.74. The van der Waals surface area contributed by atoms with Crippen molar-refractivity contribution in [2.45, 2.75) is 12.9 Å². The first-order chi connectivity index (χ1) is 11.8. The molecule has 1 heterocycles. The summed E-state index contributed by atoms with van der Waals surface area (Å²) < 4.78 is 40.0. The van der Waals surface area contributed by atoms with Gasteiger partial charge in [0.1, 0.15) is 5.75 Å². The zero-order chi connectivity index (χ0) is 18.3. The Labute approximate surface area is 153 Å². The molecule has 0 saturated heterocycles. The summed E-state index contributed by atoms with van der Waals surface area (Å²) in [5.74, 6) is -0.358. The molecule has 0 unspecified atom stereocenters. The van der Waals surface area contributed by atoms with Gasteiger partial charge in [0.2, 0.25) is 11.9 Å². The van der Waals surface area contributed by atoms with Gasteiger partial charge in [-0.1, -0.05) is 12.1 Å². The van der Waals surface area contributed by atoms with Gasteiger partial charge < -0.3 is 21.5 Å². The number of pyridine rings is 1. The summed E-state index contributed by atoms with van der Waals surface area (Å²) in [5.41, 5.74) is 12.6. The molecule has 1 aromatic carbocycles. The highest BCUT2D eigenvalue weighted by Crippen LogP contribution is 2.22. The fourth-order valence-corrected chi connectivity index (χ4v) is 1.74. The first-order valence-corrected chi connectivity index (χ1v) is 6.97. The number of benzene rings is 1. The van der Waals surface area contributed by atoms with Crippen LogP contribution in [0.25, 0.3) is 0 Å². The monoisotopic (exact) mass is 388 g/mol. The van der Waals surface area contributed by atoms with Gasteiger partial charge in [0.15, 0.2) is 0 Å². The van der Waals surface area contributed by atoms with Crippen LogP contribution in [-0.2, 0) is 6.54 Å². The first kappa shape index (κ1) is 21.0. The second-order valence-corrected chi connectivity index (χ2v) is 4.73. The van der Waals surface area contributed by atoms with Crippen LogP contribution in [0.2, 0.25) is 0 Å². The third-order valence-electron chi connectivity index (χ3n) is 2.75. The highest BCUT2D eigenvalue weighted by Gasteiger charge is 2.30. The van der Waals surface area contributed by atoms with Gasteiger partial charge in [-0.3, -0.25) is 4.98 Å². The summed E-state index contributed by atoms with van der Waals surface area (Å²) in [5, 5.41) is 2.78. The molecule has 140 valence electrons. The standard InChI is InChI=1S/C15H15F3N6O.ClH/c16-15(17,18)25-12-5-3-10(4-6-12)8-22-13(19)24-14(20)23-11-2-1-7-21-9-11;/h1-7,9H,8H2,(H5,19,20,22,23,24);1H. The Hall–Kier alpha value is -3.01. The van der Waals surface area contributed by atoms with Crippen LogP contribution in [0, 0.1) is 0 Å². The Morgan fingerprint density at radius 1 is 1.15 bits per heavy atom. The van der Waals surface area contributed by atoms with Crippen LogP contribution < -0.4 is 21.5 Å². The van der Waals surface area contributed by atoms with Crippen molar-refractivity contribution >= 4 is 30.0 Å². The molecule has 7 nitrogen and oxygen atoms in total. The molecule has 0 bridgehead atoms. The van der Waals surface area contributed by atoms with Crippen molar-refractivity contribution in [1.29, 1.82) is 0 Å². The SMILES string of the molecule is Cl.NC(=NCc1ccc(OC(F)(F)F)cc1)N=C(N)Nc1cccnc1. The molecule has 0 radical (unpaired) electrons. The van der Waals surface area contributed by atoms with E-state index in [4.69, 9.17) is 11.5 Å². The summed E-state index contributed by atoms with van der Waals surface area (Å²) >= 11 is 0. The second-order valence-electron chi connectivity index (χ2n) is 4.73. The van der Waals surface area contributed by atoms with E-state index in [9.17, 15) is 13.2 Å². The van der Waals surface area contributed by atoms with Gasteiger partial charge in [-0.15, -0.1) is 25.6 Å². The van der Waals surface area contributed by atoms with Crippen LogP contribution in [0.5, 0.6) is 5.75 Å². The molecule has 0 aliphatic heterocycles. The zero-order valence-corrected chi connectivity index (χ0v) is 14.1. The Kier molecular flexibility index (Phi) is 7.66. The highest BCUT2D eigenvalue weighted by molar-refractivity contribution is 6.00. The summed E-state index contributed by atoms with van der Waals surface area (Å²) in [4.78, 5) is 11.8. The predicted octanol–water partition coefficient (Wildman–Crippen LogP) is 2.64. The number of aromatic nitrogens is 1. The molecule has 5 N–H and O–H groups in total. The van der Waals surface area contributed by atoms with Crippen molar-refractivity contribution in [3.8, 4) is 5.75 Å². The number of anilines is 1. The van der Waals surface area contributed by atoms with Crippen LogP contribution in [0.3, 0.4) is 0 Å². The topological polar surface area (TPSA) is 111 Å². The van der Waals surface area contributed by atoms with Crippen molar-refractivity contribution in [3.63, 3.8) is 0 Å². The number of nitrogens with one attached hydrogen (secondary N) is 1. The minimum absolute atomic E-state index is 0. The van der Waals surface area contributed by atoms with E-state index in [-0.39, 0.29) is 36.6 Å². The summed E-state index contributed by atoms with van der Waals surface area (Å²) in [7, 11) is 0. The number of hydrogen-bond acceptors (Lipinski definition) is 3. The molecule has 0 aliphatic carbocycles. The molecule has 0 atom stereocenters. The Morgan fingerprint density at radius 3 is 2.42 bits per heavy atom. The van der Waals surface area contributed by atoms with Crippen molar-refractivity contribution in [3.05, 3.63) is 54.4 Å². The van der Waals surface area contributed by atoms with E-state index < -0.39 is 6.36 Å². The first-order valence-electron chi connectivity index (χ1n) is 6.97. The van der Waals surface area contributed by atoms with E-state index >= 15 is 0 Å². The molecular formula is C15H16ClF3N6O. The van der Waals surface area contributed by atoms with E-state index in [1.54, 1.807) is 24.5 Å². The molecule has 0 saturated carbocycles. The molecule has 0 spiro atoms. The summed E-state index contributed by atoms with van der Waals surface area (Å²) in [6.07, 6.45) is -1.56. The number of guanidine groups is 2. The largest absolute Gasteiger partial charge is 0.573 e. The maximum atomic E-state index is 12.1. The third-order valence-corrected chi connectivity index (χ3v) is 2.75. The lowest BCUT2D eigenvalue weighted by Gasteiger charge is -2.08. The van der Waals surface area contributed by atoms with Gasteiger partial charge >= 0.3 is 6.36 Å². The highest BCUT2D eigenvalue weighted by atomic mass is 35.5. The molecule has 26 heavy (non-hydrogen) atoms. The number of nitrogens with two attached hydrogens (primary N) is 2. The van der Waals surface area contributed by atoms with Crippen LogP contribution in [0.1, 0.15) is 5.56 Å². The molecule has 0 amide bonds. The summed E-state index contributed by atoms with van der Waals surface area (Å²) in [6, 6.07) is 8.73. The smallest absolute Gasteiger partial charge is 0.406 e. The average molecular weight is 389 g/mol. The van der Waals surface area contributed by atoms with Crippen LogP contribution >= 0.6 is 12.4 Å². The average Bonchev–Trinajstić information content (AvgIpc) is 2.53. The number of alkyl halides is 3. The summed E-state index contributed by atoms with van der Waals surface area (Å²) in [6.45, 7) is 0.127. The number of nitrogens with zero attached hydrogens (tertiary/aromatic N) is 3. The zero-order valence-electron chi connectivity index (χ0n) is 13.3. The van der Waals surface area contributed by atoms with Crippen molar-refractivity contribution in [2.24, 2.45) is 21.5 Å². The van der Waals surface area contributed by atoms with Crippen molar-refractivity contribution in [1.82, 2.24) is 4.98 Å². The maximum Gasteiger partial charge on any atom is 0.573 e. The molecular weight excluding hydrogens is 373 g/mol. The normalized spacial score (nSPS) is 12.3. The minimum Gasteiger partial charge on any atom is -0.406 e. The lowest BCUT2D eigenvalue weighted by atomic mass is 10.2. The Morgan fingerprint density at radius 2 is 1.85 bits per heavy atom. The number of hydrogen-bond donors (Lipinski definition) is 3. The molecule has 2 rings (SSSR count). The number of halogens is 4. The lowest BCUT2D eigenvalue weighted by Crippen LogP contribution is -2.26. The van der Waals surface area contributed by atoms with Crippen molar-refractivity contribution in [2.75, 3.05) is 5.32 Å². The van der Waals surface area contributed by atoms with Crippen LogP contribution in [0.4, 0.5) is 18.9 Å². The number of ether oxygens (including phenoxy) is 1. The maximum absolute atomic E-state index is 12.1. The molecule has 0 fully saturated rings. The minimum atomic E-state index is -4.72. The van der Waals surface area contributed by atoms with E-state index in [1.165, 1.54) is 24.3 Å². The van der Waals surface area contributed by atoms with E-state index in [2.05, 4.69) is 25.0 Å². The van der Waals surface area contributed by atoms with Crippen LogP contribution in [-0.4, -0.2) is 23.3 Å². The van der Waals surface area contributed by atoms with E-state index in [0.717, 1.165) is 0 Å². The predicted molar refractivity (Wildman–Crippen MR) is 95.2 cm³/mol. The second kappa shape index (κ2) is 9.47. The Balaban J connectivity index is 0.00000338. The van der Waals surface area contributed by atoms with E-state index in [0.29, 0.717) is 11.3 Å². The van der Waals surface area contributed by atoms with E-state index in [1.807, 2.05) is 0 Å². The van der Waals surface area contributed by atoms with Gasteiger partial charge in [-0.25, -0.2) is 4.99 Å². The van der Waals surface area contributed by atoms with Gasteiger partial charge in [0, 0.05) is 6.20 Å². The Bertz CT molecular complexity index is 750. The molecule has 1 aromatic heterocycles. The number of rotatable bonds is 4. The molecule has 0 aliphatic rings. The van der Waals surface area contributed by atoms with Crippen LogP contribution in [0.15, 0.2) is 58.8 Å². The van der Waals surface area contributed by atoms with Gasteiger partial charge in [0.25, 0.3) is 0 Å². The van der Waals surface area contributed by atoms with Crippen molar-refractivity contribution < 1.29 is 17.9 Å². The quantitative estimate of drug-likeness (QED) is 0.550. The lowest BCUT2D eigenvalue weighted by molar-refractivity contribution is -0.274. The molecule has 11 heteroatoms. The number of aliphatic imine (C=N–C) groups is 2. The van der Waals surface area contributed by atoms with Gasteiger partial charge in [0.05, 0.1) is 18.4 Å².